The van der Waals surface area contributed by atoms with Crippen molar-refractivity contribution in [3.63, 3.8) is 0 Å². The van der Waals surface area contributed by atoms with E-state index < -0.39 is 5.91 Å². The van der Waals surface area contributed by atoms with E-state index in [4.69, 9.17) is 4.74 Å². The normalized spacial score (nSPS) is 17.7. The van der Waals surface area contributed by atoms with Crippen LogP contribution in [0.1, 0.15) is 58.1 Å². The summed E-state index contributed by atoms with van der Waals surface area (Å²) in [5, 5.41) is 12.4. The maximum atomic E-state index is 12.7. The van der Waals surface area contributed by atoms with Crippen LogP contribution in [-0.2, 0) is 4.79 Å². The molecule has 3 rings (SSSR count). The van der Waals surface area contributed by atoms with Crippen molar-refractivity contribution in [2.24, 2.45) is 0 Å². The van der Waals surface area contributed by atoms with Crippen molar-refractivity contribution in [1.29, 1.82) is 5.26 Å². The molecule has 0 bridgehead atoms. The molecule has 0 spiro atoms. The van der Waals surface area contributed by atoms with Crippen LogP contribution in [0.15, 0.2) is 48.0 Å². The number of carbonyl (C=O) groups excluding carboxylic acids is 1. The van der Waals surface area contributed by atoms with Crippen molar-refractivity contribution >= 4 is 23.4 Å². The van der Waals surface area contributed by atoms with Crippen molar-refractivity contribution < 1.29 is 9.53 Å². The molecular weight excluding hydrogens is 386 g/mol. The average molecular weight is 418 g/mol. The molecule has 1 amide bonds. The SMILES string of the molecule is COc1cccc(NC(=O)/C(C#N)=C\c2ccc3c(c2)[C@@H](C)CC(C)(C)N3C(C)C)c1. The van der Waals surface area contributed by atoms with Gasteiger partial charge in [-0.15, -0.1) is 0 Å². The molecule has 1 N–H and O–H groups in total. The number of nitrogens with zero attached hydrogens (tertiary/aromatic N) is 2. The minimum Gasteiger partial charge on any atom is -0.497 e. The van der Waals surface area contributed by atoms with E-state index in [0.29, 0.717) is 23.4 Å². The van der Waals surface area contributed by atoms with E-state index in [1.165, 1.54) is 11.3 Å². The Morgan fingerprint density at radius 1 is 1.29 bits per heavy atom. The maximum Gasteiger partial charge on any atom is 0.266 e. The molecule has 0 saturated heterocycles. The number of hydrogen-bond acceptors (Lipinski definition) is 4. The van der Waals surface area contributed by atoms with E-state index in [9.17, 15) is 10.1 Å². The van der Waals surface area contributed by atoms with Crippen LogP contribution in [0.5, 0.6) is 5.75 Å². The van der Waals surface area contributed by atoms with Crippen molar-refractivity contribution in [2.45, 2.75) is 58.5 Å². The van der Waals surface area contributed by atoms with E-state index in [1.54, 1.807) is 37.5 Å². The van der Waals surface area contributed by atoms with Gasteiger partial charge in [0.25, 0.3) is 5.91 Å². The molecule has 1 aliphatic heterocycles. The predicted molar refractivity (Wildman–Crippen MR) is 126 cm³/mol. The van der Waals surface area contributed by atoms with Gasteiger partial charge in [-0.25, -0.2) is 0 Å². The second kappa shape index (κ2) is 8.85. The van der Waals surface area contributed by atoms with Crippen LogP contribution in [0.3, 0.4) is 0 Å². The van der Waals surface area contributed by atoms with Crippen molar-refractivity contribution in [1.82, 2.24) is 0 Å². The van der Waals surface area contributed by atoms with Crippen LogP contribution in [0.4, 0.5) is 11.4 Å². The smallest absolute Gasteiger partial charge is 0.266 e. The first-order valence-corrected chi connectivity index (χ1v) is 10.7. The molecule has 1 heterocycles. The molecule has 1 aliphatic rings. The highest BCUT2D eigenvalue weighted by Crippen LogP contribution is 2.44. The van der Waals surface area contributed by atoms with Crippen molar-refractivity contribution in [2.75, 3.05) is 17.3 Å². The summed E-state index contributed by atoms with van der Waals surface area (Å²) in [5.41, 5.74) is 4.06. The summed E-state index contributed by atoms with van der Waals surface area (Å²) in [6.07, 6.45) is 2.70. The first kappa shape index (κ1) is 22.4. The zero-order valence-corrected chi connectivity index (χ0v) is 19.2. The number of nitrogens with one attached hydrogen (secondary N) is 1. The molecule has 2 aromatic rings. The van der Waals surface area contributed by atoms with Crippen LogP contribution in [-0.4, -0.2) is 24.6 Å². The second-order valence-corrected chi connectivity index (χ2v) is 9.06. The number of amides is 1. The van der Waals surface area contributed by atoms with Gasteiger partial charge in [-0.1, -0.05) is 19.1 Å². The van der Waals surface area contributed by atoms with Crippen LogP contribution in [0.2, 0.25) is 0 Å². The Hall–Kier alpha value is -3.26. The number of rotatable bonds is 5. The van der Waals surface area contributed by atoms with Gasteiger partial charge in [0.15, 0.2) is 0 Å². The summed E-state index contributed by atoms with van der Waals surface area (Å²) in [6, 6.07) is 15.7. The van der Waals surface area contributed by atoms with Crippen LogP contribution < -0.4 is 15.0 Å². The summed E-state index contributed by atoms with van der Waals surface area (Å²) in [5.74, 6) is 0.595. The number of benzene rings is 2. The fourth-order valence-electron chi connectivity index (χ4n) is 4.75. The molecule has 2 aromatic carbocycles. The van der Waals surface area contributed by atoms with Gasteiger partial charge in [0.05, 0.1) is 7.11 Å². The third-order valence-electron chi connectivity index (χ3n) is 5.82. The van der Waals surface area contributed by atoms with Crippen LogP contribution in [0, 0.1) is 11.3 Å². The lowest BCUT2D eigenvalue weighted by Crippen LogP contribution is -2.51. The topological polar surface area (TPSA) is 65.4 Å². The van der Waals surface area contributed by atoms with Crippen LogP contribution in [0.25, 0.3) is 6.08 Å². The third kappa shape index (κ3) is 4.74. The van der Waals surface area contributed by atoms with E-state index in [1.807, 2.05) is 12.1 Å². The fraction of sp³-hybridized carbons (Fsp3) is 0.385. The first-order valence-electron chi connectivity index (χ1n) is 10.7. The molecule has 1 atom stereocenters. The minimum atomic E-state index is -0.438. The monoisotopic (exact) mass is 417 g/mol. The van der Waals surface area contributed by atoms with Gasteiger partial charge in [0.1, 0.15) is 17.4 Å². The zero-order chi connectivity index (χ0) is 22.8. The molecule has 0 aromatic heterocycles. The Bertz CT molecular complexity index is 1050. The summed E-state index contributed by atoms with van der Waals surface area (Å²) in [7, 11) is 1.57. The minimum absolute atomic E-state index is 0.0623. The van der Waals surface area contributed by atoms with Gasteiger partial charge < -0.3 is 15.0 Å². The van der Waals surface area contributed by atoms with Crippen LogP contribution >= 0.6 is 0 Å². The molecule has 5 heteroatoms. The Balaban J connectivity index is 1.91. The Kier molecular flexibility index (Phi) is 6.40. The second-order valence-electron chi connectivity index (χ2n) is 9.06. The number of fused-ring (bicyclic) bond motifs is 1. The number of carbonyl (C=O) groups is 1. The van der Waals surface area contributed by atoms with Gasteiger partial charge in [0, 0.05) is 29.0 Å². The quantitative estimate of drug-likeness (QED) is 0.497. The molecular formula is C26H31N3O2. The molecule has 0 radical (unpaired) electrons. The number of ether oxygens (including phenoxy) is 1. The van der Waals surface area contributed by atoms with E-state index in [2.05, 4.69) is 57.0 Å². The standard InChI is InChI=1S/C26H31N3O2/c1-17(2)29-24-11-10-19(13-23(24)18(3)15-26(29,4)5)12-20(16-27)25(30)28-21-8-7-9-22(14-21)31-6/h7-14,17-18H,15H2,1-6H3,(H,28,30)/b20-12-/t18-/m0/s1. The van der Waals surface area contributed by atoms with Gasteiger partial charge >= 0.3 is 0 Å². The maximum absolute atomic E-state index is 12.7. The lowest BCUT2D eigenvalue weighted by molar-refractivity contribution is -0.112. The molecule has 0 fully saturated rings. The molecule has 0 saturated carbocycles. The summed E-state index contributed by atoms with van der Waals surface area (Å²) >= 11 is 0. The van der Waals surface area contributed by atoms with Gasteiger partial charge in [-0.2, -0.15) is 5.26 Å². The van der Waals surface area contributed by atoms with E-state index >= 15 is 0 Å². The molecule has 0 aliphatic carbocycles. The summed E-state index contributed by atoms with van der Waals surface area (Å²) in [6.45, 7) is 11.2. The van der Waals surface area contributed by atoms with Gasteiger partial charge in [0.2, 0.25) is 0 Å². The molecule has 162 valence electrons. The van der Waals surface area contributed by atoms with E-state index in [0.717, 1.165) is 12.0 Å². The summed E-state index contributed by atoms with van der Waals surface area (Å²) in [4.78, 5) is 15.1. The lowest BCUT2D eigenvalue weighted by atomic mass is 9.79. The highest BCUT2D eigenvalue weighted by Gasteiger charge is 2.37. The lowest BCUT2D eigenvalue weighted by Gasteiger charge is -2.50. The highest BCUT2D eigenvalue weighted by atomic mass is 16.5. The van der Waals surface area contributed by atoms with Crippen molar-refractivity contribution in [3.05, 3.63) is 59.2 Å². The Morgan fingerprint density at radius 2 is 2.03 bits per heavy atom. The van der Waals surface area contributed by atoms with E-state index in [-0.39, 0.29) is 11.1 Å². The predicted octanol–water partition coefficient (Wildman–Crippen LogP) is 5.74. The Labute approximate surface area is 185 Å². The largest absolute Gasteiger partial charge is 0.497 e. The number of nitriles is 1. The summed E-state index contributed by atoms with van der Waals surface area (Å²) < 4.78 is 5.19. The third-order valence-corrected chi connectivity index (χ3v) is 5.82. The first-order chi connectivity index (χ1) is 14.7. The number of anilines is 2. The zero-order valence-electron chi connectivity index (χ0n) is 19.2. The number of methoxy groups -OCH3 is 1. The average Bonchev–Trinajstić information content (AvgIpc) is 2.71. The van der Waals surface area contributed by atoms with Gasteiger partial charge in [-0.05, 0) is 81.5 Å². The van der Waals surface area contributed by atoms with Crippen molar-refractivity contribution in [3.8, 4) is 11.8 Å². The van der Waals surface area contributed by atoms with Gasteiger partial charge in [-0.3, -0.25) is 4.79 Å². The Morgan fingerprint density at radius 3 is 2.68 bits per heavy atom. The number of hydrogen-bond donors (Lipinski definition) is 1. The fourth-order valence-corrected chi connectivity index (χ4v) is 4.75. The highest BCUT2D eigenvalue weighted by molar-refractivity contribution is 6.09. The molecule has 5 nitrogen and oxygen atoms in total. The molecule has 0 unspecified atom stereocenters. The molecule has 31 heavy (non-hydrogen) atoms.